The Hall–Kier alpha value is -3.55. The lowest BCUT2D eigenvalue weighted by Gasteiger charge is -2.14. The molecule has 8 heteroatoms. The van der Waals surface area contributed by atoms with Gasteiger partial charge >= 0.3 is 0 Å². The predicted octanol–water partition coefficient (Wildman–Crippen LogP) is 4.90. The van der Waals surface area contributed by atoms with E-state index in [1.165, 1.54) is 0 Å². The monoisotopic (exact) mass is 452 g/mol. The van der Waals surface area contributed by atoms with Crippen LogP contribution in [-0.2, 0) is 13.2 Å². The van der Waals surface area contributed by atoms with Gasteiger partial charge in [0.1, 0.15) is 18.1 Å². The number of nitrogens with one attached hydrogen (secondary N) is 2. The molecule has 1 aromatic carbocycles. The number of hydrogen-bond acceptors (Lipinski definition) is 5. The van der Waals surface area contributed by atoms with E-state index < -0.39 is 5.91 Å². The standard InChI is InChI=1S/C25H32N4O4/c1-6-12-26-25(31)23-20(14-29(7-2)28-23)27-24(30)21-11-9-18(33-21)15-32-22-13-17(5)8-10-19(22)16(3)4/h8-11,13-14,16H,6-7,12,15H2,1-5H3,(H,26,31)(H,27,30). The predicted molar refractivity (Wildman–Crippen MR) is 127 cm³/mol. The summed E-state index contributed by atoms with van der Waals surface area (Å²) in [6.07, 6.45) is 2.44. The normalized spacial score (nSPS) is 11.0. The van der Waals surface area contributed by atoms with Gasteiger partial charge in [0.2, 0.25) is 0 Å². The fraction of sp³-hybridized carbons (Fsp3) is 0.400. The van der Waals surface area contributed by atoms with Crippen molar-refractivity contribution >= 4 is 17.5 Å². The van der Waals surface area contributed by atoms with Gasteiger partial charge in [0.15, 0.2) is 11.5 Å². The Balaban J connectivity index is 1.69. The molecule has 0 aliphatic heterocycles. The summed E-state index contributed by atoms with van der Waals surface area (Å²) in [5.74, 6) is 1.01. The molecule has 2 N–H and O–H groups in total. The second kappa shape index (κ2) is 10.8. The first-order valence-electron chi connectivity index (χ1n) is 11.3. The summed E-state index contributed by atoms with van der Waals surface area (Å²) < 4.78 is 13.3. The van der Waals surface area contributed by atoms with Gasteiger partial charge in [0.05, 0.1) is 5.69 Å². The Bertz CT molecular complexity index is 1110. The molecule has 0 aliphatic carbocycles. The minimum atomic E-state index is -0.458. The molecule has 0 saturated heterocycles. The SMILES string of the molecule is CCCNC(=O)c1nn(CC)cc1NC(=O)c1ccc(COc2cc(C)ccc2C(C)C)o1. The van der Waals surface area contributed by atoms with Crippen molar-refractivity contribution in [3.05, 3.63) is 64.9 Å². The topological polar surface area (TPSA) is 98.4 Å². The Morgan fingerprint density at radius 3 is 2.64 bits per heavy atom. The summed E-state index contributed by atoms with van der Waals surface area (Å²) in [4.78, 5) is 25.2. The zero-order chi connectivity index (χ0) is 24.0. The van der Waals surface area contributed by atoms with E-state index in [9.17, 15) is 9.59 Å². The average Bonchev–Trinajstić information content (AvgIpc) is 3.43. The molecule has 2 heterocycles. The summed E-state index contributed by atoms with van der Waals surface area (Å²) in [5.41, 5.74) is 2.74. The maximum absolute atomic E-state index is 12.8. The summed E-state index contributed by atoms with van der Waals surface area (Å²) in [7, 11) is 0. The molecule has 0 spiro atoms. The molecule has 8 nitrogen and oxygen atoms in total. The van der Waals surface area contributed by atoms with Gasteiger partial charge < -0.3 is 19.8 Å². The van der Waals surface area contributed by atoms with E-state index in [1.807, 2.05) is 26.8 Å². The first kappa shape index (κ1) is 24.1. The number of furan rings is 1. The van der Waals surface area contributed by atoms with Crippen LogP contribution in [0.4, 0.5) is 5.69 Å². The van der Waals surface area contributed by atoms with Gasteiger partial charge in [-0.2, -0.15) is 5.10 Å². The lowest BCUT2D eigenvalue weighted by Crippen LogP contribution is -2.26. The lowest BCUT2D eigenvalue weighted by molar-refractivity contribution is 0.0948. The van der Waals surface area contributed by atoms with E-state index in [0.29, 0.717) is 30.5 Å². The molecule has 0 atom stereocenters. The molecule has 0 aliphatic rings. The molecule has 0 saturated carbocycles. The summed E-state index contributed by atoms with van der Waals surface area (Å²) >= 11 is 0. The number of anilines is 1. The highest BCUT2D eigenvalue weighted by Crippen LogP contribution is 2.28. The molecule has 0 unspecified atom stereocenters. The number of aryl methyl sites for hydroxylation is 2. The van der Waals surface area contributed by atoms with E-state index >= 15 is 0 Å². The largest absolute Gasteiger partial charge is 0.485 e. The summed E-state index contributed by atoms with van der Waals surface area (Å²) in [6.45, 7) is 11.4. The maximum Gasteiger partial charge on any atom is 0.291 e. The zero-order valence-corrected chi connectivity index (χ0v) is 19.9. The highest BCUT2D eigenvalue weighted by Gasteiger charge is 2.20. The molecule has 2 aromatic heterocycles. The number of carbonyl (C=O) groups excluding carboxylic acids is 2. The maximum atomic E-state index is 12.8. The van der Waals surface area contributed by atoms with Gasteiger partial charge in [-0.05, 0) is 55.5 Å². The van der Waals surface area contributed by atoms with Crippen LogP contribution in [0.3, 0.4) is 0 Å². The van der Waals surface area contributed by atoms with Crippen molar-refractivity contribution in [2.45, 2.75) is 60.1 Å². The van der Waals surface area contributed by atoms with Crippen LogP contribution >= 0.6 is 0 Å². The van der Waals surface area contributed by atoms with E-state index in [4.69, 9.17) is 9.15 Å². The van der Waals surface area contributed by atoms with Crippen molar-refractivity contribution in [1.29, 1.82) is 0 Å². The molecule has 0 radical (unpaired) electrons. The Morgan fingerprint density at radius 2 is 1.94 bits per heavy atom. The van der Waals surface area contributed by atoms with Gasteiger partial charge in [-0.1, -0.05) is 32.9 Å². The van der Waals surface area contributed by atoms with Gasteiger partial charge in [-0.3, -0.25) is 14.3 Å². The van der Waals surface area contributed by atoms with Crippen LogP contribution in [0.5, 0.6) is 5.75 Å². The smallest absolute Gasteiger partial charge is 0.291 e. The van der Waals surface area contributed by atoms with Crippen LogP contribution in [0.2, 0.25) is 0 Å². The van der Waals surface area contributed by atoms with E-state index in [1.54, 1.807) is 23.0 Å². The third-order valence-corrected chi connectivity index (χ3v) is 5.13. The van der Waals surface area contributed by atoms with E-state index in [-0.39, 0.29) is 24.0 Å². The van der Waals surface area contributed by atoms with E-state index in [0.717, 1.165) is 23.3 Å². The van der Waals surface area contributed by atoms with Crippen LogP contribution in [0.15, 0.2) is 40.9 Å². The van der Waals surface area contributed by atoms with Gasteiger partial charge in [0.25, 0.3) is 11.8 Å². The molecule has 2 amide bonds. The fourth-order valence-electron chi connectivity index (χ4n) is 3.32. The number of ether oxygens (including phenoxy) is 1. The van der Waals surface area contributed by atoms with Crippen LogP contribution in [-0.4, -0.2) is 28.1 Å². The summed E-state index contributed by atoms with van der Waals surface area (Å²) in [6, 6.07) is 9.44. The second-order valence-electron chi connectivity index (χ2n) is 8.21. The number of carbonyl (C=O) groups is 2. The Labute approximate surface area is 194 Å². The summed E-state index contributed by atoms with van der Waals surface area (Å²) in [5, 5.41) is 9.79. The van der Waals surface area contributed by atoms with Gasteiger partial charge in [-0.15, -0.1) is 0 Å². The molecule has 0 fully saturated rings. The van der Waals surface area contributed by atoms with Crippen molar-refractivity contribution in [3.8, 4) is 5.75 Å². The quantitative estimate of drug-likeness (QED) is 0.456. The molecular formula is C25H32N4O4. The third-order valence-electron chi connectivity index (χ3n) is 5.13. The number of benzene rings is 1. The molecule has 176 valence electrons. The minimum absolute atomic E-state index is 0.131. The first-order valence-corrected chi connectivity index (χ1v) is 11.3. The fourth-order valence-corrected chi connectivity index (χ4v) is 3.32. The van der Waals surface area contributed by atoms with Crippen LogP contribution in [0.25, 0.3) is 0 Å². The first-order chi connectivity index (χ1) is 15.8. The Morgan fingerprint density at radius 1 is 1.15 bits per heavy atom. The van der Waals surface area contributed by atoms with Crippen LogP contribution < -0.4 is 15.4 Å². The molecule has 0 bridgehead atoms. The molecule has 33 heavy (non-hydrogen) atoms. The highest BCUT2D eigenvalue weighted by molar-refractivity contribution is 6.07. The average molecular weight is 453 g/mol. The number of amides is 2. The van der Waals surface area contributed by atoms with Gasteiger partial charge in [-0.25, -0.2) is 0 Å². The van der Waals surface area contributed by atoms with Crippen molar-refractivity contribution in [1.82, 2.24) is 15.1 Å². The Kier molecular flexibility index (Phi) is 7.92. The van der Waals surface area contributed by atoms with Crippen molar-refractivity contribution in [3.63, 3.8) is 0 Å². The number of rotatable bonds is 10. The van der Waals surface area contributed by atoms with Crippen LogP contribution in [0.1, 0.15) is 78.0 Å². The third kappa shape index (κ3) is 6.03. The molecular weight excluding hydrogens is 420 g/mol. The van der Waals surface area contributed by atoms with Crippen molar-refractivity contribution in [2.24, 2.45) is 0 Å². The number of nitrogens with zero attached hydrogens (tertiary/aromatic N) is 2. The molecule has 3 rings (SSSR count). The molecule has 3 aromatic rings. The lowest BCUT2D eigenvalue weighted by atomic mass is 10.0. The minimum Gasteiger partial charge on any atom is -0.485 e. The van der Waals surface area contributed by atoms with E-state index in [2.05, 4.69) is 41.7 Å². The number of aromatic nitrogens is 2. The number of hydrogen-bond donors (Lipinski definition) is 2. The van der Waals surface area contributed by atoms with Crippen molar-refractivity contribution < 1.29 is 18.7 Å². The zero-order valence-electron chi connectivity index (χ0n) is 19.9. The highest BCUT2D eigenvalue weighted by atomic mass is 16.5. The van der Waals surface area contributed by atoms with Crippen LogP contribution in [0, 0.1) is 6.92 Å². The second-order valence-corrected chi connectivity index (χ2v) is 8.21. The van der Waals surface area contributed by atoms with Crippen molar-refractivity contribution in [2.75, 3.05) is 11.9 Å². The van der Waals surface area contributed by atoms with Gasteiger partial charge in [0, 0.05) is 19.3 Å².